The summed E-state index contributed by atoms with van der Waals surface area (Å²) in [6.07, 6.45) is 0. The summed E-state index contributed by atoms with van der Waals surface area (Å²) in [6, 6.07) is 0. The van der Waals surface area contributed by atoms with Gasteiger partial charge in [0.15, 0.2) is 0 Å². The number of methoxy groups -OCH3 is 1. The van der Waals surface area contributed by atoms with Crippen molar-refractivity contribution < 1.29 is 49.8 Å². The first-order valence-corrected chi connectivity index (χ1v) is 2.56. The first-order valence-electron chi connectivity index (χ1n) is 2.56. The van der Waals surface area contributed by atoms with Gasteiger partial charge in [0.1, 0.15) is 40.6 Å². The van der Waals surface area contributed by atoms with Gasteiger partial charge in [-0.05, 0) is 6.92 Å². The standard InChI is InChI=1S/C3H6O.5CH2O.W/c1-3-4-2;5*1-2;/h1-2H3;5*1H2;. The van der Waals surface area contributed by atoms with Crippen molar-refractivity contribution in [3.05, 3.63) is 6.61 Å². The van der Waals surface area contributed by atoms with Crippen LogP contribution in [0.2, 0.25) is 0 Å². The van der Waals surface area contributed by atoms with Crippen molar-refractivity contribution >= 4 is 33.9 Å². The number of hydrogen-bond acceptors (Lipinski definition) is 6. The molecule has 0 spiro atoms. The summed E-state index contributed by atoms with van der Waals surface area (Å²) in [5, 5.41) is 0. The number of rotatable bonds is 1. The topological polar surface area (TPSA) is 94.6 Å². The minimum absolute atomic E-state index is 0. The summed E-state index contributed by atoms with van der Waals surface area (Å²) in [5.41, 5.74) is 0. The van der Waals surface area contributed by atoms with Crippen LogP contribution in [0.15, 0.2) is 0 Å². The van der Waals surface area contributed by atoms with Crippen LogP contribution in [0.3, 0.4) is 0 Å². The molecule has 0 atom stereocenters. The molecule has 7 heteroatoms. The van der Waals surface area contributed by atoms with Crippen molar-refractivity contribution in [1.82, 2.24) is 0 Å². The van der Waals surface area contributed by atoms with Crippen molar-refractivity contribution in [1.29, 1.82) is 0 Å². The maximum Gasteiger partial charge on any atom is 0.128 e. The van der Waals surface area contributed by atoms with E-state index in [1.54, 1.807) is 14.0 Å². The summed E-state index contributed by atoms with van der Waals surface area (Å²) in [5.74, 6) is 0. The first kappa shape index (κ1) is 48.3. The van der Waals surface area contributed by atoms with Crippen LogP contribution in [0.5, 0.6) is 0 Å². The monoisotopic (exact) mass is 392 g/mol. The smallest absolute Gasteiger partial charge is 0.128 e. The molecule has 0 heterocycles. The second-order valence-corrected chi connectivity index (χ2v) is 0.408. The molecule has 0 aromatic rings. The molecule has 0 aliphatic heterocycles. The predicted octanol–water partition coefficient (Wildman–Crippen LogP) is -0.236. The van der Waals surface area contributed by atoms with Crippen molar-refractivity contribution in [2.75, 3.05) is 7.11 Å². The molecule has 6 nitrogen and oxygen atoms in total. The fraction of sp³-hybridized carbons (Fsp3) is 0.250. The van der Waals surface area contributed by atoms with E-state index in [2.05, 4.69) is 11.3 Å². The largest absolute Gasteiger partial charge is 0.372 e. The van der Waals surface area contributed by atoms with E-state index in [0.717, 1.165) is 0 Å². The number of carbonyl (C=O) groups is 5. The van der Waals surface area contributed by atoms with Gasteiger partial charge < -0.3 is 28.7 Å². The Morgan fingerprint density at radius 3 is 0.800 bits per heavy atom. The average molecular weight is 392 g/mol. The average Bonchev–Trinajstić information content (AvgIpc) is 2.41. The van der Waals surface area contributed by atoms with Crippen LogP contribution in [0, 0.1) is 6.61 Å². The quantitative estimate of drug-likeness (QED) is 0.612. The van der Waals surface area contributed by atoms with E-state index in [0.29, 0.717) is 0 Å². The van der Waals surface area contributed by atoms with Crippen LogP contribution < -0.4 is 0 Å². The number of carbonyl (C=O) groups excluding carboxylic acids is 5. The fourth-order valence-corrected chi connectivity index (χ4v) is 0. The number of hydrogen-bond donors (Lipinski definition) is 0. The minimum Gasteiger partial charge on any atom is -0.372 e. The molecule has 0 aromatic heterocycles. The van der Waals surface area contributed by atoms with E-state index in [-0.39, 0.29) is 21.1 Å². The Morgan fingerprint density at radius 1 is 0.733 bits per heavy atom. The molecule has 0 bridgehead atoms. The molecule has 0 fully saturated rings. The molecular weight excluding hydrogens is 376 g/mol. The molecule has 0 aliphatic carbocycles. The third-order valence-electron chi connectivity index (χ3n) is 0.204. The van der Waals surface area contributed by atoms with Crippen LogP contribution >= 0.6 is 0 Å². The predicted molar refractivity (Wildman–Crippen MR) is 51.5 cm³/mol. The Morgan fingerprint density at radius 2 is 0.800 bits per heavy atom. The summed E-state index contributed by atoms with van der Waals surface area (Å²) in [6.45, 7) is 14.1. The molecule has 0 saturated heterocycles. The zero-order valence-electron chi connectivity index (χ0n) is 8.89. The molecule has 0 aromatic carbocycles. The zero-order chi connectivity index (χ0) is 13.4. The zero-order valence-corrected chi connectivity index (χ0v) is 11.8. The molecule has 0 unspecified atom stereocenters. The Kier molecular flexibility index (Phi) is 6040. The van der Waals surface area contributed by atoms with Crippen molar-refractivity contribution in [2.24, 2.45) is 0 Å². The summed E-state index contributed by atoms with van der Waals surface area (Å²) in [4.78, 5) is 40.0. The van der Waals surface area contributed by atoms with Crippen LogP contribution in [-0.2, 0) is 49.8 Å². The Bertz CT molecular complexity index is 44.8. The number of ether oxygens (including phenoxy) is 1. The van der Waals surface area contributed by atoms with E-state index in [1.165, 1.54) is 0 Å². The van der Waals surface area contributed by atoms with Gasteiger partial charge in [-0.2, -0.15) is 0 Å². The maximum atomic E-state index is 8.00. The van der Waals surface area contributed by atoms with Gasteiger partial charge >= 0.3 is 0 Å². The van der Waals surface area contributed by atoms with E-state index in [4.69, 9.17) is 24.0 Å². The van der Waals surface area contributed by atoms with Gasteiger partial charge in [-0.15, -0.1) is 0 Å². The van der Waals surface area contributed by atoms with Crippen LogP contribution in [0.1, 0.15) is 6.92 Å². The Hall–Kier alpha value is -1.00. The van der Waals surface area contributed by atoms with Gasteiger partial charge in [0, 0.05) is 28.2 Å². The van der Waals surface area contributed by atoms with Gasteiger partial charge in [0.25, 0.3) is 0 Å². The molecule has 0 saturated carbocycles. The van der Waals surface area contributed by atoms with Gasteiger partial charge in [0.05, 0.1) is 0 Å². The molecule has 2 radical (unpaired) electrons. The molecule has 15 heavy (non-hydrogen) atoms. The van der Waals surface area contributed by atoms with Gasteiger partial charge in [-0.3, -0.25) is 0 Å². The van der Waals surface area contributed by atoms with E-state index >= 15 is 0 Å². The molecule has 0 rings (SSSR count). The third-order valence-corrected chi connectivity index (χ3v) is 0.204. The van der Waals surface area contributed by atoms with E-state index < -0.39 is 0 Å². The second-order valence-electron chi connectivity index (χ2n) is 0.408. The van der Waals surface area contributed by atoms with Gasteiger partial charge in [-0.25, -0.2) is 0 Å². The van der Waals surface area contributed by atoms with E-state index in [1.807, 2.05) is 33.9 Å². The normalized spacial score (nSPS) is 3.33. The molecule has 0 N–H and O–H groups in total. The fourth-order valence-electron chi connectivity index (χ4n) is 0. The van der Waals surface area contributed by atoms with Crippen LogP contribution in [0.25, 0.3) is 0 Å². The maximum absolute atomic E-state index is 8.00. The molecule has 90 valence electrons. The van der Waals surface area contributed by atoms with Gasteiger partial charge in [-0.1, -0.05) is 0 Å². The van der Waals surface area contributed by atoms with Gasteiger partial charge in [0.2, 0.25) is 0 Å². The molecule has 0 aliphatic rings. The molecule has 0 amide bonds. The first-order chi connectivity index (χ1) is 6.91. The summed E-state index contributed by atoms with van der Waals surface area (Å²) < 4.78 is 4.29. The minimum atomic E-state index is 0. The Labute approximate surface area is 105 Å². The Balaban J connectivity index is -0.0000000105. The third kappa shape index (κ3) is 552000000. The van der Waals surface area contributed by atoms with Crippen LogP contribution in [-0.4, -0.2) is 41.1 Å². The van der Waals surface area contributed by atoms with Crippen molar-refractivity contribution in [3.8, 4) is 0 Å². The van der Waals surface area contributed by atoms with Crippen molar-refractivity contribution in [3.63, 3.8) is 0 Å². The van der Waals surface area contributed by atoms with Crippen LogP contribution in [0.4, 0.5) is 0 Å². The van der Waals surface area contributed by atoms with E-state index in [9.17, 15) is 0 Å². The second kappa shape index (κ2) is 1880. The van der Waals surface area contributed by atoms with Crippen molar-refractivity contribution in [2.45, 2.75) is 6.92 Å². The molecular formula is C8H16O6W. The summed E-state index contributed by atoms with van der Waals surface area (Å²) in [7, 11) is 1.57. The summed E-state index contributed by atoms with van der Waals surface area (Å²) >= 11 is 0. The SMILES string of the molecule is C=O.C=O.C=O.C=O.C=O.C[C]OC.[W].